The molecule has 1 fully saturated rings. The summed E-state index contributed by atoms with van der Waals surface area (Å²) in [7, 11) is 0. The molecule has 1 aliphatic heterocycles. The van der Waals surface area contributed by atoms with Gasteiger partial charge in [0.25, 0.3) is 0 Å². The fourth-order valence-corrected chi connectivity index (χ4v) is 5.35. The first-order chi connectivity index (χ1) is 16.8. The number of nitrogens with one attached hydrogen (secondary N) is 1. The van der Waals surface area contributed by atoms with Crippen molar-refractivity contribution in [3.8, 4) is 11.1 Å². The lowest BCUT2D eigenvalue weighted by molar-refractivity contribution is -0.147. The Balaban J connectivity index is 1.20. The molecule has 1 aliphatic carbocycles. The number of piperidine rings is 1. The summed E-state index contributed by atoms with van der Waals surface area (Å²) in [5.74, 6) is -0.975. The summed E-state index contributed by atoms with van der Waals surface area (Å²) in [6.07, 6.45) is 1.60. The lowest BCUT2D eigenvalue weighted by atomic mass is 9.91. The number of alkyl carbamates (subject to hydrolysis) is 1. The second kappa shape index (κ2) is 10.9. The van der Waals surface area contributed by atoms with Gasteiger partial charge >= 0.3 is 12.1 Å². The van der Waals surface area contributed by atoms with Crippen molar-refractivity contribution in [2.45, 2.75) is 51.5 Å². The van der Waals surface area contributed by atoms with Crippen LogP contribution in [0.1, 0.15) is 56.6 Å². The van der Waals surface area contributed by atoms with Crippen LogP contribution in [0.4, 0.5) is 4.79 Å². The van der Waals surface area contributed by atoms with E-state index in [0.29, 0.717) is 38.8 Å². The number of fused-ring (bicyclic) bond motifs is 3. The van der Waals surface area contributed by atoms with Crippen LogP contribution in [0.15, 0.2) is 48.5 Å². The van der Waals surface area contributed by atoms with Gasteiger partial charge in [0.05, 0.1) is 5.92 Å². The van der Waals surface area contributed by atoms with Crippen LogP contribution in [-0.2, 0) is 14.3 Å². The number of benzene rings is 2. The molecule has 2 aromatic carbocycles. The van der Waals surface area contributed by atoms with Crippen molar-refractivity contribution in [1.29, 1.82) is 0 Å². The van der Waals surface area contributed by atoms with Gasteiger partial charge < -0.3 is 20.1 Å². The second-order valence-corrected chi connectivity index (χ2v) is 9.85. The molecule has 186 valence electrons. The standard InChI is InChI=1S/C28H34N2O5/c1-18(15-26(31)30-14-12-20(27(32)33)16-19(30)2)11-13-29-28(34)35-17-25-23-9-5-3-7-21(23)22-8-4-6-10-24(22)25/h3-10,18-20,25H,11-17H2,1-2H3,(H,29,34)(H,32,33)/t18?,19-,20-/m0/s1. The van der Waals surface area contributed by atoms with Gasteiger partial charge in [-0.25, -0.2) is 4.79 Å². The predicted octanol–water partition coefficient (Wildman–Crippen LogP) is 4.65. The summed E-state index contributed by atoms with van der Waals surface area (Å²) < 4.78 is 5.57. The third-order valence-corrected chi connectivity index (χ3v) is 7.32. The van der Waals surface area contributed by atoms with Crippen LogP contribution >= 0.6 is 0 Å². The summed E-state index contributed by atoms with van der Waals surface area (Å²) in [5, 5.41) is 12.0. The first-order valence-corrected chi connectivity index (χ1v) is 12.5. The average Bonchev–Trinajstić information content (AvgIpc) is 3.16. The van der Waals surface area contributed by atoms with Crippen LogP contribution in [0.5, 0.6) is 0 Å². The Morgan fingerprint density at radius 3 is 2.31 bits per heavy atom. The molecule has 4 rings (SSSR count). The molecule has 0 radical (unpaired) electrons. The molecule has 0 aromatic heterocycles. The highest BCUT2D eigenvalue weighted by atomic mass is 16.5. The smallest absolute Gasteiger partial charge is 0.407 e. The maximum absolute atomic E-state index is 12.7. The van der Waals surface area contributed by atoms with Crippen LogP contribution in [-0.4, -0.2) is 53.7 Å². The third-order valence-electron chi connectivity index (χ3n) is 7.32. The number of carbonyl (C=O) groups is 3. The van der Waals surface area contributed by atoms with E-state index >= 15 is 0 Å². The summed E-state index contributed by atoms with van der Waals surface area (Å²) in [6.45, 7) is 5.10. The maximum atomic E-state index is 12.7. The quantitative estimate of drug-likeness (QED) is 0.576. The Bertz CT molecular complexity index is 1040. The molecule has 2 aromatic rings. The topological polar surface area (TPSA) is 95.9 Å². The molecular formula is C28H34N2O5. The van der Waals surface area contributed by atoms with E-state index in [0.717, 1.165) is 0 Å². The van der Waals surface area contributed by atoms with E-state index in [-0.39, 0.29) is 36.3 Å². The van der Waals surface area contributed by atoms with Crippen molar-refractivity contribution in [3.63, 3.8) is 0 Å². The number of carbonyl (C=O) groups excluding carboxylic acids is 2. The highest BCUT2D eigenvalue weighted by molar-refractivity contribution is 5.79. The molecular weight excluding hydrogens is 444 g/mol. The highest BCUT2D eigenvalue weighted by Crippen LogP contribution is 2.44. The molecule has 1 unspecified atom stereocenters. The first kappa shape index (κ1) is 24.8. The van der Waals surface area contributed by atoms with Crippen molar-refractivity contribution in [2.75, 3.05) is 19.7 Å². The summed E-state index contributed by atoms with van der Waals surface area (Å²) >= 11 is 0. The van der Waals surface area contributed by atoms with E-state index in [1.54, 1.807) is 4.90 Å². The van der Waals surface area contributed by atoms with Crippen LogP contribution in [0, 0.1) is 11.8 Å². The summed E-state index contributed by atoms with van der Waals surface area (Å²) in [6, 6.07) is 16.4. The highest BCUT2D eigenvalue weighted by Gasteiger charge is 2.32. The zero-order valence-electron chi connectivity index (χ0n) is 20.4. The van der Waals surface area contributed by atoms with Crippen LogP contribution in [0.25, 0.3) is 11.1 Å². The van der Waals surface area contributed by atoms with Crippen molar-refractivity contribution in [2.24, 2.45) is 11.8 Å². The molecule has 3 atom stereocenters. The molecule has 2 amide bonds. The number of carboxylic acids is 1. The number of hydrogen-bond donors (Lipinski definition) is 2. The van der Waals surface area contributed by atoms with E-state index in [9.17, 15) is 19.5 Å². The monoisotopic (exact) mass is 478 g/mol. The van der Waals surface area contributed by atoms with Gasteiger partial charge in [-0.2, -0.15) is 0 Å². The van der Waals surface area contributed by atoms with Crippen LogP contribution in [0.3, 0.4) is 0 Å². The molecule has 2 N–H and O–H groups in total. The Morgan fingerprint density at radius 2 is 1.71 bits per heavy atom. The molecule has 0 saturated carbocycles. The number of rotatable bonds is 8. The predicted molar refractivity (Wildman–Crippen MR) is 133 cm³/mol. The van der Waals surface area contributed by atoms with Crippen molar-refractivity contribution in [3.05, 3.63) is 59.7 Å². The van der Waals surface area contributed by atoms with Gasteiger partial charge in [0.2, 0.25) is 5.91 Å². The minimum atomic E-state index is -0.781. The van der Waals surface area contributed by atoms with E-state index in [1.165, 1.54) is 22.3 Å². The van der Waals surface area contributed by atoms with E-state index in [1.807, 2.05) is 38.1 Å². The summed E-state index contributed by atoms with van der Waals surface area (Å²) in [4.78, 5) is 38.1. The van der Waals surface area contributed by atoms with Crippen LogP contribution < -0.4 is 5.32 Å². The maximum Gasteiger partial charge on any atom is 0.407 e. The third kappa shape index (κ3) is 5.66. The number of aliphatic carboxylic acids is 1. The van der Waals surface area contributed by atoms with E-state index in [4.69, 9.17) is 4.74 Å². The zero-order valence-corrected chi connectivity index (χ0v) is 20.4. The Labute approximate surface area is 206 Å². The SMILES string of the molecule is CC(CCNC(=O)OCC1c2ccccc2-c2ccccc21)CC(=O)N1CC[C@H](C(=O)O)C[C@@H]1C. The number of ether oxygens (including phenoxy) is 1. The normalized spacial score (nSPS) is 20.0. The summed E-state index contributed by atoms with van der Waals surface area (Å²) in [5.41, 5.74) is 4.74. The van der Waals surface area contributed by atoms with Crippen molar-refractivity contribution >= 4 is 18.0 Å². The molecule has 2 aliphatic rings. The van der Waals surface area contributed by atoms with Crippen molar-refractivity contribution < 1.29 is 24.2 Å². The molecule has 35 heavy (non-hydrogen) atoms. The average molecular weight is 479 g/mol. The number of amides is 2. The lowest BCUT2D eigenvalue weighted by Gasteiger charge is -2.36. The van der Waals surface area contributed by atoms with E-state index < -0.39 is 12.1 Å². The number of hydrogen-bond acceptors (Lipinski definition) is 4. The van der Waals surface area contributed by atoms with Gasteiger partial charge in [0.15, 0.2) is 0 Å². The molecule has 7 heteroatoms. The van der Waals surface area contributed by atoms with Gasteiger partial charge in [-0.3, -0.25) is 9.59 Å². The minimum absolute atomic E-state index is 0.0250. The molecule has 7 nitrogen and oxygen atoms in total. The van der Waals surface area contributed by atoms with E-state index in [2.05, 4.69) is 29.6 Å². The largest absolute Gasteiger partial charge is 0.481 e. The van der Waals surface area contributed by atoms with Gasteiger partial charge in [0, 0.05) is 31.5 Å². The number of nitrogens with zero attached hydrogens (tertiary/aromatic N) is 1. The molecule has 1 saturated heterocycles. The minimum Gasteiger partial charge on any atom is -0.481 e. The zero-order chi connectivity index (χ0) is 24.9. The number of likely N-dealkylation sites (tertiary alicyclic amines) is 1. The second-order valence-electron chi connectivity index (χ2n) is 9.85. The molecule has 0 spiro atoms. The van der Waals surface area contributed by atoms with Gasteiger partial charge in [-0.15, -0.1) is 0 Å². The van der Waals surface area contributed by atoms with Gasteiger partial charge in [-0.05, 0) is 54.4 Å². The van der Waals surface area contributed by atoms with Gasteiger partial charge in [-0.1, -0.05) is 55.5 Å². The lowest BCUT2D eigenvalue weighted by Crippen LogP contribution is -2.46. The Hall–Kier alpha value is -3.35. The molecule has 1 heterocycles. The van der Waals surface area contributed by atoms with Gasteiger partial charge in [0.1, 0.15) is 6.61 Å². The number of carboxylic acid groups (broad SMARTS) is 1. The van der Waals surface area contributed by atoms with Crippen molar-refractivity contribution in [1.82, 2.24) is 10.2 Å². The fraction of sp³-hybridized carbons (Fsp3) is 0.464. The Kier molecular flexibility index (Phi) is 7.73. The fourth-order valence-electron chi connectivity index (χ4n) is 5.35. The molecule has 0 bridgehead atoms. The first-order valence-electron chi connectivity index (χ1n) is 12.5. The Morgan fingerprint density at radius 1 is 1.09 bits per heavy atom. The van der Waals surface area contributed by atoms with Crippen LogP contribution in [0.2, 0.25) is 0 Å².